The summed E-state index contributed by atoms with van der Waals surface area (Å²) in [6.45, 7) is 1.84. The average Bonchev–Trinajstić information content (AvgIpc) is 3.05. The molecule has 0 spiro atoms. The van der Waals surface area contributed by atoms with Crippen molar-refractivity contribution < 1.29 is 23.5 Å². The molecule has 2 heterocycles. The third-order valence-corrected chi connectivity index (χ3v) is 3.24. The Bertz CT molecular complexity index is 616. The lowest BCUT2D eigenvalue weighted by molar-refractivity contribution is -0.144. The van der Waals surface area contributed by atoms with Crippen molar-refractivity contribution in [2.24, 2.45) is 0 Å². The summed E-state index contributed by atoms with van der Waals surface area (Å²) in [6, 6.07) is 3.03. The van der Waals surface area contributed by atoms with Gasteiger partial charge < -0.3 is 13.9 Å². The molecule has 106 valence electrons. The Labute approximate surface area is 119 Å². The fourth-order valence-electron chi connectivity index (χ4n) is 1.51. The number of hydrogen-bond donors (Lipinski definition) is 0. The quantitative estimate of drug-likeness (QED) is 0.786. The number of nitrogens with zero attached hydrogens (tertiary/aromatic N) is 1. The molecule has 0 N–H and O–H groups in total. The van der Waals surface area contributed by atoms with Crippen molar-refractivity contribution >= 4 is 23.3 Å². The molecule has 0 aliphatic rings. The van der Waals surface area contributed by atoms with Gasteiger partial charge in [0.2, 0.25) is 5.76 Å². The first-order valence-electron chi connectivity index (χ1n) is 5.82. The summed E-state index contributed by atoms with van der Waals surface area (Å²) < 4.78 is 14.7. The number of thiazole rings is 1. The Morgan fingerprint density at radius 3 is 2.85 bits per heavy atom. The van der Waals surface area contributed by atoms with Crippen LogP contribution >= 0.6 is 11.3 Å². The van der Waals surface area contributed by atoms with Crippen LogP contribution in [0.1, 0.15) is 27.0 Å². The number of aromatic nitrogens is 1. The molecule has 7 heteroatoms. The largest absolute Gasteiger partial charge is 0.463 e. The van der Waals surface area contributed by atoms with Crippen LogP contribution in [0, 0.1) is 6.92 Å². The zero-order chi connectivity index (χ0) is 14.5. The predicted octanol–water partition coefficient (Wildman–Crippen LogP) is 2.12. The van der Waals surface area contributed by atoms with Gasteiger partial charge in [0.1, 0.15) is 12.4 Å². The van der Waals surface area contributed by atoms with Gasteiger partial charge in [0.25, 0.3) is 0 Å². The highest BCUT2D eigenvalue weighted by Gasteiger charge is 2.13. The van der Waals surface area contributed by atoms with Crippen LogP contribution in [0.15, 0.2) is 21.9 Å². The Kier molecular flexibility index (Phi) is 4.52. The number of methoxy groups -OCH3 is 1. The van der Waals surface area contributed by atoms with Crippen molar-refractivity contribution in [1.29, 1.82) is 0 Å². The summed E-state index contributed by atoms with van der Waals surface area (Å²) >= 11 is 1.48. The van der Waals surface area contributed by atoms with Crippen molar-refractivity contribution in [2.45, 2.75) is 20.0 Å². The third kappa shape index (κ3) is 3.67. The Morgan fingerprint density at radius 1 is 1.40 bits per heavy atom. The van der Waals surface area contributed by atoms with Gasteiger partial charge in [-0.2, -0.15) is 0 Å². The molecule has 0 radical (unpaired) electrons. The molecule has 2 aromatic heterocycles. The van der Waals surface area contributed by atoms with E-state index in [0.29, 0.717) is 11.5 Å². The maximum absolute atomic E-state index is 11.6. The van der Waals surface area contributed by atoms with Crippen LogP contribution in [-0.4, -0.2) is 24.0 Å². The normalized spacial score (nSPS) is 10.3. The van der Waals surface area contributed by atoms with E-state index in [1.165, 1.54) is 24.5 Å². The highest BCUT2D eigenvalue weighted by atomic mass is 32.1. The third-order valence-electron chi connectivity index (χ3n) is 2.42. The Hall–Kier alpha value is -2.15. The van der Waals surface area contributed by atoms with Gasteiger partial charge in [0.05, 0.1) is 24.2 Å². The smallest absolute Gasteiger partial charge is 0.373 e. The maximum atomic E-state index is 11.6. The van der Waals surface area contributed by atoms with Crippen LogP contribution in [0.3, 0.4) is 0 Å². The van der Waals surface area contributed by atoms with Crippen LogP contribution in [-0.2, 0) is 27.3 Å². The number of esters is 2. The van der Waals surface area contributed by atoms with Gasteiger partial charge in [-0.15, -0.1) is 11.3 Å². The van der Waals surface area contributed by atoms with E-state index in [1.54, 1.807) is 6.07 Å². The fraction of sp³-hybridized carbons (Fsp3) is 0.308. The highest BCUT2D eigenvalue weighted by molar-refractivity contribution is 7.09. The average molecular weight is 295 g/mol. The number of ether oxygens (including phenoxy) is 2. The SMILES string of the molecule is COC(=O)c1ccc(COC(=O)Cc2csc(C)n2)o1. The summed E-state index contributed by atoms with van der Waals surface area (Å²) in [7, 11) is 1.26. The van der Waals surface area contributed by atoms with Gasteiger partial charge in [0, 0.05) is 5.38 Å². The lowest BCUT2D eigenvalue weighted by Gasteiger charge is -2.01. The second-order valence-corrected chi connectivity index (χ2v) is 5.02. The predicted molar refractivity (Wildman–Crippen MR) is 70.4 cm³/mol. The Morgan fingerprint density at radius 2 is 2.20 bits per heavy atom. The second-order valence-electron chi connectivity index (χ2n) is 3.95. The number of aryl methyl sites for hydroxylation is 1. The zero-order valence-electron chi connectivity index (χ0n) is 11.0. The lowest BCUT2D eigenvalue weighted by Crippen LogP contribution is -2.08. The molecule has 0 aromatic carbocycles. The molecule has 2 aromatic rings. The van der Waals surface area contributed by atoms with Crippen molar-refractivity contribution in [1.82, 2.24) is 4.98 Å². The Balaban J connectivity index is 1.84. The van der Waals surface area contributed by atoms with E-state index in [1.807, 2.05) is 12.3 Å². The summed E-state index contributed by atoms with van der Waals surface area (Å²) in [5.41, 5.74) is 0.687. The number of carbonyl (C=O) groups is 2. The van der Waals surface area contributed by atoms with E-state index < -0.39 is 11.9 Å². The van der Waals surface area contributed by atoms with Crippen molar-refractivity contribution in [2.75, 3.05) is 7.11 Å². The summed E-state index contributed by atoms with van der Waals surface area (Å²) in [4.78, 5) is 27.0. The number of furan rings is 1. The molecule has 0 amide bonds. The number of rotatable bonds is 5. The van der Waals surface area contributed by atoms with Crippen LogP contribution in [0.5, 0.6) is 0 Å². The van der Waals surface area contributed by atoms with E-state index in [-0.39, 0.29) is 18.8 Å². The first-order chi connectivity index (χ1) is 9.58. The minimum atomic E-state index is -0.569. The van der Waals surface area contributed by atoms with Crippen LogP contribution in [0.4, 0.5) is 0 Å². The monoisotopic (exact) mass is 295 g/mol. The molecule has 20 heavy (non-hydrogen) atoms. The molecule has 0 saturated carbocycles. The van der Waals surface area contributed by atoms with Crippen molar-refractivity contribution in [3.05, 3.63) is 39.7 Å². The first kappa shape index (κ1) is 14.3. The van der Waals surface area contributed by atoms with Gasteiger partial charge in [-0.3, -0.25) is 4.79 Å². The van der Waals surface area contributed by atoms with E-state index in [0.717, 1.165) is 5.01 Å². The fourth-order valence-corrected chi connectivity index (χ4v) is 2.12. The van der Waals surface area contributed by atoms with Gasteiger partial charge in [0.15, 0.2) is 0 Å². The maximum Gasteiger partial charge on any atom is 0.373 e. The van der Waals surface area contributed by atoms with Crippen LogP contribution in [0.2, 0.25) is 0 Å². The molecule has 0 aliphatic heterocycles. The first-order valence-corrected chi connectivity index (χ1v) is 6.70. The van der Waals surface area contributed by atoms with Gasteiger partial charge in [-0.1, -0.05) is 0 Å². The molecule has 0 bridgehead atoms. The molecule has 0 atom stereocenters. The minimum absolute atomic E-state index is 0.0288. The molecule has 6 nitrogen and oxygen atoms in total. The van der Waals surface area contributed by atoms with Crippen LogP contribution in [0.25, 0.3) is 0 Å². The molecule has 0 saturated heterocycles. The van der Waals surface area contributed by atoms with E-state index in [2.05, 4.69) is 9.72 Å². The summed E-state index contributed by atoms with van der Waals surface area (Å²) in [6.07, 6.45) is 0.120. The molecular formula is C13H13NO5S. The summed E-state index contributed by atoms with van der Waals surface area (Å²) in [5.74, 6) is -0.506. The number of carbonyl (C=O) groups excluding carboxylic acids is 2. The van der Waals surface area contributed by atoms with Crippen molar-refractivity contribution in [3.8, 4) is 0 Å². The topological polar surface area (TPSA) is 78.6 Å². The highest BCUT2D eigenvalue weighted by Crippen LogP contribution is 2.12. The van der Waals surface area contributed by atoms with E-state index in [9.17, 15) is 9.59 Å². The molecule has 0 fully saturated rings. The second kappa shape index (κ2) is 6.33. The van der Waals surface area contributed by atoms with Crippen molar-refractivity contribution in [3.63, 3.8) is 0 Å². The zero-order valence-corrected chi connectivity index (χ0v) is 11.9. The molecular weight excluding hydrogens is 282 g/mol. The van der Waals surface area contributed by atoms with Gasteiger partial charge in [-0.05, 0) is 19.1 Å². The number of hydrogen-bond acceptors (Lipinski definition) is 7. The lowest BCUT2D eigenvalue weighted by atomic mass is 10.3. The van der Waals surface area contributed by atoms with E-state index in [4.69, 9.17) is 9.15 Å². The standard InChI is InChI=1S/C13H13NO5S/c1-8-14-9(7-20-8)5-12(15)18-6-10-3-4-11(19-10)13(16)17-2/h3-4,7H,5-6H2,1-2H3. The molecule has 0 aliphatic carbocycles. The van der Waals surface area contributed by atoms with Gasteiger partial charge in [-0.25, -0.2) is 9.78 Å². The molecule has 2 rings (SSSR count). The summed E-state index contributed by atoms with van der Waals surface area (Å²) in [5, 5.41) is 2.72. The van der Waals surface area contributed by atoms with Gasteiger partial charge >= 0.3 is 11.9 Å². The molecule has 0 unspecified atom stereocenters. The van der Waals surface area contributed by atoms with Crippen LogP contribution < -0.4 is 0 Å². The van der Waals surface area contributed by atoms with E-state index >= 15 is 0 Å². The minimum Gasteiger partial charge on any atom is -0.463 e.